The summed E-state index contributed by atoms with van der Waals surface area (Å²) in [6.45, 7) is -1.20. The first-order chi connectivity index (χ1) is 29.4. The molecule has 62 heavy (non-hydrogen) atoms. The monoisotopic (exact) mass is 871 g/mol. The van der Waals surface area contributed by atoms with Crippen LogP contribution in [0.15, 0.2) is 77.9 Å². The van der Waals surface area contributed by atoms with E-state index in [1.54, 1.807) is 12.1 Å². The number of aryl methyl sites for hydroxylation is 1. The van der Waals surface area contributed by atoms with E-state index in [4.69, 9.17) is 21.4 Å². The lowest BCUT2D eigenvalue weighted by atomic mass is 10.0. The lowest BCUT2D eigenvalue weighted by Gasteiger charge is -2.26. The smallest absolute Gasteiger partial charge is 0.490 e. The number of guanidine groups is 1. The number of hydrogen-bond acceptors (Lipinski definition) is 10. The Balaban J connectivity index is 0.00000111. The maximum absolute atomic E-state index is 14.1. The van der Waals surface area contributed by atoms with Crippen LogP contribution in [-0.2, 0) is 54.6 Å². The summed E-state index contributed by atoms with van der Waals surface area (Å²) in [5.41, 5.74) is 12.5. The van der Waals surface area contributed by atoms with Crippen molar-refractivity contribution in [1.82, 2.24) is 41.6 Å². The number of amides is 5. The van der Waals surface area contributed by atoms with Crippen molar-refractivity contribution in [2.24, 2.45) is 16.5 Å². The van der Waals surface area contributed by atoms with E-state index in [1.807, 2.05) is 42.5 Å². The number of aromatic hydroxyl groups is 1. The fourth-order valence-electron chi connectivity index (χ4n) is 6.06. The molecule has 11 N–H and O–H groups in total. The second-order valence-corrected chi connectivity index (χ2v) is 13.9. The Kier molecular flexibility index (Phi) is 17.0. The zero-order valence-electron chi connectivity index (χ0n) is 32.9. The quantitative estimate of drug-likeness (QED) is 0.0390. The van der Waals surface area contributed by atoms with E-state index >= 15 is 0 Å². The molecule has 0 unspecified atom stereocenters. The summed E-state index contributed by atoms with van der Waals surface area (Å²) in [6.07, 6.45) is -3.59. The van der Waals surface area contributed by atoms with Crippen molar-refractivity contribution in [3.05, 3.63) is 89.7 Å². The van der Waals surface area contributed by atoms with Crippen LogP contribution in [0.4, 0.5) is 17.6 Å². The van der Waals surface area contributed by atoms with Crippen LogP contribution in [0, 0.1) is 0 Å². The number of carbonyl (C=O) groups excluding carboxylic acids is 5. The van der Waals surface area contributed by atoms with E-state index in [0.717, 1.165) is 16.3 Å². The van der Waals surface area contributed by atoms with Crippen molar-refractivity contribution >= 4 is 52.2 Å². The predicted molar refractivity (Wildman–Crippen MR) is 213 cm³/mol. The Bertz CT molecular complexity index is 2230. The van der Waals surface area contributed by atoms with Gasteiger partial charge in [-0.2, -0.15) is 13.2 Å². The molecule has 5 rings (SSSR count). The normalized spacial score (nSPS) is 18.9. The van der Waals surface area contributed by atoms with Gasteiger partial charge in [-0.05, 0) is 46.9 Å². The van der Waals surface area contributed by atoms with Gasteiger partial charge in [0.2, 0.25) is 29.5 Å². The minimum atomic E-state index is -5.08. The fourth-order valence-corrected chi connectivity index (χ4v) is 6.06. The molecule has 332 valence electrons. The molecule has 0 aliphatic carbocycles. The Labute approximate surface area is 350 Å². The van der Waals surface area contributed by atoms with Crippen LogP contribution in [-0.4, -0.2) is 117 Å². The second-order valence-electron chi connectivity index (χ2n) is 13.9. The summed E-state index contributed by atoms with van der Waals surface area (Å²) >= 11 is 0. The number of phenolic OH excluding ortho intramolecular Hbond substituents is 1. The molecule has 0 saturated carbocycles. The van der Waals surface area contributed by atoms with Gasteiger partial charge in [0.1, 0.15) is 36.6 Å². The van der Waals surface area contributed by atoms with E-state index < -0.39 is 79.1 Å². The van der Waals surface area contributed by atoms with Gasteiger partial charge in [0, 0.05) is 32.0 Å². The number of alkyl halides is 4. The second kappa shape index (κ2) is 22.3. The molecule has 1 aliphatic heterocycles. The summed E-state index contributed by atoms with van der Waals surface area (Å²) in [5, 5.41) is 40.0. The highest BCUT2D eigenvalue weighted by molar-refractivity contribution is 5.97. The Morgan fingerprint density at radius 3 is 1.98 bits per heavy atom. The number of aliphatic imine (C=N–C) groups is 1. The minimum Gasteiger partial charge on any atom is -0.508 e. The number of hydrogen-bond donors (Lipinski definition) is 9. The molecule has 4 atom stereocenters. The van der Waals surface area contributed by atoms with Crippen LogP contribution >= 0.6 is 0 Å². The first kappa shape index (κ1) is 47.3. The van der Waals surface area contributed by atoms with Gasteiger partial charge < -0.3 is 48.3 Å². The molecule has 5 amide bonds. The molecule has 0 bridgehead atoms. The SMILES string of the molecule is NC(N)=NCCC[C@@H]1NC(=O)[C@H](Cc2cn(CCF)nn2)NC(=O)[C@@H](Cc2ccc(O)cc2)NC(=O)CNC(=O)[C@H](Cc2ccc3ccccc3c2)NC1=O.O=C(O)C(F)(F)F. The van der Waals surface area contributed by atoms with Crippen LogP contribution in [0.25, 0.3) is 10.8 Å². The number of halogens is 4. The number of carboxylic acids is 1. The third-order valence-corrected chi connectivity index (χ3v) is 9.10. The molecule has 23 heteroatoms. The Morgan fingerprint density at radius 2 is 1.35 bits per heavy atom. The average molecular weight is 872 g/mol. The summed E-state index contributed by atoms with van der Waals surface area (Å²) in [4.78, 5) is 81.8. The predicted octanol–water partition coefficient (Wildman–Crippen LogP) is -0.110. The van der Waals surface area contributed by atoms with E-state index in [2.05, 4.69) is 41.9 Å². The highest BCUT2D eigenvalue weighted by Crippen LogP contribution is 2.18. The van der Waals surface area contributed by atoms with Crippen LogP contribution < -0.4 is 38.1 Å². The molecule has 0 radical (unpaired) electrons. The van der Waals surface area contributed by atoms with Gasteiger partial charge >= 0.3 is 12.1 Å². The Hall–Kier alpha value is -7.33. The summed E-state index contributed by atoms with van der Waals surface area (Å²) in [6, 6.07) is 14.2. The third-order valence-electron chi connectivity index (χ3n) is 9.10. The zero-order chi connectivity index (χ0) is 45.4. The van der Waals surface area contributed by atoms with Crippen molar-refractivity contribution < 1.29 is 56.5 Å². The number of carboxylic acid groups (broad SMARTS) is 1. The average Bonchev–Trinajstić information content (AvgIpc) is 3.67. The number of carbonyl (C=O) groups is 6. The van der Waals surface area contributed by atoms with Gasteiger partial charge in [0.25, 0.3) is 0 Å². The number of phenols is 1. The first-order valence-electron chi connectivity index (χ1n) is 19.0. The first-order valence-corrected chi connectivity index (χ1v) is 19.0. The lowest BCUT2D eigenvalue weighted by Crippen LogP contribution is -2.58. The number of nitrogens with two attached hydrogens (primary N) is 2. The van der Waals surface area contributed by atoms with Crippen molar-refractivity contribution in [1.29, 1.82) is 0 Å². The summed E-state index contributed by atoms with van der Waals surface area (Å²) < 4.78 is 46.0. The highest BCUT2D eigenvalue weighted by atomic mass is 19.4. The Morgan fingerprint density at radius 1 is 0.790 bits per heavy atom. The topological polar surface area (TPSA) is 298 Å². The number of fused-ring (bicyclic) bond motifs is 1. The third kappa shape index (κ3) is 15.0. The lowest BCUT2D eigenvalue weighted by molar-refractivity contribution is -0.192. The number of nitrogens with zero attached hydrogens (tertiary/aromatic N) is 4. The van der Waals surface area contributed by atoms with Gasteiger partial charge in [-0.25, -0.2) is 13.9 Å². The number of benzene rings is 3. The molecule has 4 aromatic rings. The molecule has 0 spiro atoms. The molecule has 3 aromatic carbocycles. The van der Waals surface area contributed by atoms with Gasteiger partial charge in [-0.1, -0.05) is 59.8 Å². The van der Waals surface area contributed by atoms with Crippen LogP contribution in [0.3, 0.4) is 0 Å². The van der Waals surface area contributed by atoms with E-state index in [-0.39, 0.29) is 62.6 Å². The molecule has 19 nitrogen and oxygen atoms in total. The van der Waals surface area contributed by atoms with Crippen molar-refractivity contribution in [3.63, 3.8) is 0 Å². The zero-order valence-corrected chi connectivity index (χ0v) is 32.9. The van der Waals surface area contributed by atoms with Crippen molar-refractivity contribution in [3.8, 4) is 5.75 Å². The molecule has 1 aromatic heterocycles. The van der Waals surface area contributed by atoms with Gasteiger partial charge in [-0.15, -0.1) is 5.10 Å². The summed E-state index contributed by atoms with van der Waals surface area (Å²) in [7, 11) is 0. The highest BCUT2D eigenvalue weighted by Gasteiger charge is 2.38. The minimum absolute atomic E-state index is 0.00573. The number of nitrogens with one attached hydrogen (secondary N) is 5. The maximum Gasteiger partial charge on any atom is 0.490 e. The van der Waals surface area contributed by atoms with E-state index in [0.29, 0.717) is 5.56 Å². The standard InChI is InChI=1S/C37H44FN11O6.C2HF3O2/c38-13-15-49-21-26(47-48-49)19-31-36(55)44-28(6-3-14-41-37(39)40)34(53)45-29(18-23-7-10-24-4-1-2-5-25(24)16-23)33(52)42-20-32(51)43-30(35(54)46-31)17-22-8-11-27(50)12-9-22;3-2(4,5)1(6)7/h1-2,4-5,7-12,16,21,28-31,50H,3,6,13-15,17-20H2,(H,42,52)(H,43,51)(H,44,55)(H,45,53)(H,46,54)(H4,39,40,41);(H,6,7)/t28-,29-,30+,31-;/m0./s1. The number of aromatic nitrogens is 3. The van der Waals surface area contributed by atoms with Crippen LogP contribution in [0.2, 0.25) is 0 Å². The van der Waals surface area contributed by atoms with Gasteiger partial charge in [-0.3, -0.25) is 29.0 Å². The number of rotatable bonds is 12. The van der Waals surface area contributed by atoms with Crippen LogP contribution in [0.1, 0.15) is 29.7 Å². The largest absolute Gasteiger partial charge is 0.508 e. The van der Waals surface area contributed by atoms with Gasteiger partial charge in [0.15, 0.2) is 5.96 Å². The molecule has 1 saturated heterocycles. The molecule has 2 heterocycles. The van der Waals surface area contributed by atoms with Crippen molar-refractivity contribution in [2.75, 3.05) is 19.8 Å². The van der Waals surface area contributed by atoms with Gasteiger partial charge in [0.05, 0.1) is 18.8 Å². The van der Waals surface area contributed by atoms with E-state index in [1.165, 1.54) is 23.0 Å². The molecule has 1 aliphatic rings. The molecular weight excluding hydrogens is 826 g/mol. The maximum atomic E-state index is 14.1. The summed E-state index contributed by atoms with van der Waals surface area (Å²) in [5.74, 6) is -6.56. The fraction of sp³-hybridized carbons (Fsp3) is 0.359. The van der Waals surface area contributed by atoms with E-state index in [9.17, 15) is 46.6 Å². The van der Waals surface area contributed by atoms with Crippen LogP contribution in [0.5, 0.6) is 5.75 Å². The molecule has 1 fully saturated rings. The number of aliphatic carboxylic acids is 1. The molecular formula is C39H45F4N11O8. The van der Waals surface area contributed by atoms with Crippen molar-refractivity contribution in [2.45, 2.75) is 69.0 Å².